The molecule has 0 aliphatic carbocycles. The highest BCUT2D eigenvalue weighted by Gasteiger charge is 2.23. The molecule has 6 nitrogen and oxygen atoms in total. The summed E-state index contributed by atoms with van der Waals surface area (Å²) in [5, 5.41) is 0. The van der Waals surface area contributed by atoms with Gasteiger partial charge in [0.2, 0.25) is 10.0 Å². The molecular weight excluding hydrogens is 378 g/mol. The normalized spacial score (nSPS) is 11.9. The van der Waals surface area contributed by atoms with Crippen LogP contribution in [0.4, 0.5) is 0 Å². The van der Waals surface area contributed by atoms with Gasteiger partial charge in [-0.05, 0) is 47.2 Å². The Labute approximate surface area is 167 Å². The van der Waals surface area contributed by atoms with E-state index in [9.17, 15) is 8.42 Å². The fourth-order valence-corrected chi connectivity index (χ4v) is 4.02. The van der Waals surface area contributed by atoms with Gasteiger partial charge in [-0.25, -0.2) is 13.1 Å². The second-order valence-electron chi connectivity index (χ2n) is 7.45. The van der Waals surface area contributed by atoms with Crippen LogP contribution in [0.2, 0.25) is 0 Å². The van der Waals surface area contributed by atoms with Crippen LogP contribution in [-0.2, 0) is 21.9 Å². The molecule has 0 aliphatic heterocycles. The summed E-state index contributed by atoms with van der Waals surface area (Å²) in [5.74, 6) is 1.57. The van der Waals surface area contributed by atoms with Crippen molar-refractivity contribution < 1.29 is 22.6 Å². The molecule has 0 saturated carbocycles. The van der Waals surface area contributed by atoms with Crippen LogP contribution in [0.15, 0.2) is 41.3 Å². The third-order valence-corrected chi connectivity index (χ3v) is 5.96. The molecule has 0 saturated heterocycles. The Kier molecular flexibility index (Phi) is 6.96. The average molecular weight is 408 g/mol. The number of ether oxygens (including phenoxy) is 3. The van der Waals surface area contributed by atoms with Gasteiger partial charge in [0.25, 0.3) is 0 Å². The molecule has 0 atom stereocenters. The first kappa shape index (κ1) is 22.0. The molecule has 28 heavy (non-hydrogen) atoms. The summed E-state index contributed by atoms with van der Waals surface area (Å²) in [6, 6.07) is 10.8. The first-order chi connectivity index (χ1) is 13.1. The van der Waals surface area contributed by atoms with Gasteiger partial charge < -0.3 is 14.2 Å². The lowest BCUT2D eigenvalue weighted by Gasteiger charge is -2.21. The van der Waals surface area contributed by atoms with Crippen LogP contribution in [0.25, 0.3) is 0 Å². The predicted octanol–water partition coefficient (Wildman–Crippen LogP) is 3.53. The highest BCUT2D eigenvalue weighted by atomic mass is 32.2. The monoisotopic (exact) mass is 407 g/mol. The SMILES string of the molecule is COc1ccc(CCNS(=O)(=O)c2cc(C(C)(C)C)ccc2OC)cc1OC. The van der Waals surface area contributed by atoms with Crippen LogP contribution >= 0.6 is 0 Å². The third-order valence-electron chi connectivity index (χ3n) is 4.47. The van der Waals surface area contributed by atoms with Crippen molar-refractivity contribution >= 4 is 10.0 Å². The van der Waals surface area contributed by atoms with Gasteiger partial charge in [-0.15, -0.1) is 0 Å². The van der Waals surface area contributed by atoms with Crippen molar-refractivity contribution in [3.8, 4) is 17.2 Å². The highest BCUT2D eigenvalue weighted by molar-refractivity contribution is 7.89. The Morgan fingerprint density at radius 1 is 0.857 bits per heavy atom. The van der Waals surface area contributed by atoms with E-state index in [0.29, 0.717) is 23.7 Å². The molecule has 0 heterocycles. The van der Waals surface area contributed by atoms with Crippen LogP contribution in [0.3, 0.4) is 0 Å². The van der Waals surface area contributed by atoms with E-state index in [2.05, 4.69) is 4.72 Å². The second-order valence-corrected chi connectivity index (χ2v) is 9.19. The Morgan fingerprint density at radius 3 is 2.04 bits per heavy atom. The number of sulfonamides is 1. The van der Waals surface area contributed by atoms with Crippen molar-refractivity contribution in [2.45, 2.75) is 37.5 Å². The molecule has 2 rings (SSSR count). The summed E-state index contributed by atoms with van der Waals surface area (Å²) >= 11 is 0. The zero-order chi connectivity index (χ0) is 20.9. The lowest BCUT2D eigenvalue weighted by Crippen LogP contribution is -2.27. The molecule has 0 fully saturated rings. The van der Waals surface area contributed by atoms with Gasteiger partial charge in [0.15, 0.2) is 11.5 Å². The number of hydrogen-bond acceptors (Lipinski definition) is 5. The number of benzene rings is 2. The van der Waals surface area contributed by atoms with Gasteiger partial charge in [-0.2, -0.15) is 0 Å². The minimum absolute atomic E-state index is 0.148. The Bertz CT molecular complexity index is 917. The third kappa shape index (κ3) is 5.17. The minimum atomic E-state index is -3.72. The largest absolute Gasteiger partial charge is 0.495 e. The van der Waals surface area contributed by atoms with Crippen LogP contribution in [0.1, 0.15) is 31.9 Å². The molecule has 0 aliphatic rings. The van der Waals surface area contributed by atoms with E-state index in [1.165, 1.54) is 7.11 Å². The zero-order valence-electron chi connectivity index (χ0n) is 17.3. The van der Waals surface area contributed by atoms with Gasteiger partial charge in [0.05, 0.1) is 21.3 Å². The molecule has 0 amide bonds. The molecule has 154 valence electrons. The number of rotatable bonds is 8. The summed E-state index contributed by atoms with van der Waals surface area (Å²) in [7, 11) is 0.894. The van der Waals surface area contributed by atoms with Crippen molar-refractivity contribution in [3.63, 3.8) is 0 Å². The maximum absolute atomic E-state index is 12.9. The lowest BCUT2D eigenvalue weighted by atomic mass is 9.87. The van der Waals surface area contributed by atoms with E-state index in [4.69, 9.17) is 14.2 Å². The van der Waals surface area contributed by atoms with Crippen LogP contribution in [0, 0.1) is 0 Å². The van der Waals surface area contributed by atoms with E-state index in [-0.39, 0.29) is 16.9 Å². The van der Waals surface area contributed by atoms with Gasteiger partial charge in [-0.1, -0.05) is 32.9 Å². The van der Waals surface area contributed by atoms with Crippen molar-refractivity contribution in [3.05, 3.63) is 47.5 Å². The first-order valence-corrected chi connectivity index (χ1v) is 10.5. The molecule has 2 aromatic rings. The van der Waals surface area contributed by atoms with Crippen molar-refractivity contribution in [2.75, 3.05) is 27.9 Å². The summed E-state index contributed by atoms with van der Waals surface area (Å²) in [6.07, 6.45) is 0.515. The molecular formula is C21H29NO5S. The highest BCUT2D eigenvalue weighted by Crippen LogP contribution is 2.31. The van der Waals surface area contributed by atoms with E-state index >= 15 is 0 Å². The fourth-order valence-electron chi connectivity index (χ4n) is 2.80. The van der Waals surface area contributed by atoms with Crippen molar-refractivity contribution in [1.82, 2.24) is 4.72 Å². The van der Waals surface area contributed by atoms with Gasteiger partial charge in [0, 0.05) is 6.54 Å². The lowest BCUT2D eigenvalue weighted by molar-refractivity contribution is 0.354. The molecule has 2 aromatic carbocycles. The van der Waals surface area contributed by atoms with Crippen LogP contribution < -0.4 is 18.9 Å². The molecule has 0 bridgehead atoms. The maximum atomic E-state index is 12.9. The minimum Gasteiger partial charge on any atom is -0.495 e. The predicted molar refractivity (Wildman–Crippen MR) is 110 cm³/mol. The zero-order valence-corrected chi connectivity index (χ0v) is 18.1. The molecule has 0 aromatic heterocycles. The smallest absolute Gasteiger partial charge is 0.244 e. The average Bonchev–Trinajstić information content (AvgIpc) is 2.66. The number of methoxy groups -OCH3 is 3. The standard InChI is InChI=1S/C21H29NO5S/c1-21(2,3)16-8-10-18(26-5)20(14-16)28(23,24)22-12-11-15-7-9-17(25-4)19(13-15)27-6/h7-10,13-14,22H,11-12H2,1-6H3. The van der Waals surface area contributed by atoms with Gasteiger partial charge in [-0.3, -0.25) is 0 Å². The van der Waals surface area contributed by atoms with Crippen LogP contribution in [0.5, 0.6) is 17.2 Å². The van der Waals surface area contributed by atoms with E-state index in [1.54, 1.807) is 32.4 Å². The number of hydrogen-bond donors (Lipinski definition) is 1. The van der Waals surface area contributed by atoms with Gasteiger partial charge in [0.1, 0.15) is 10.6 Å². The van der Waals surface area contributed by atoms with E-state index in [0.717, 1.165) is 11.1 Å². The molecule has 1 N–H and O–H groups in total. The molecule has 0 unspecified atom stereocenters. The molecule has 0 spiro atoms. The Balaban J connectivity index is 2.18. The van der Waals surface area contributed by atoms with Crippen molar-refractivity contribution in [2.24, 2.45) is 0 Å². The van der Waals surface area contributed by atoms with Crippen LogP contribution in [-0.4, -0.2) is 36.3 Å². The second kappa shape index (κ2) is 8.84. The van der Waals surface area contributed by atoms with E-state index < -0.39 is 10.0 Å². The van der Waals surface area contributed by atoms with Crippen molar-refractivity contribution in [1.29, 1.82) is 0 Å². The van der Waals surface area contributed by atoms with E-state index in [1.807, 2.05) is 39.0 Å². The maximum Gasteiger partial charge on any atom is 0.244 e. The molecule has 0 radical (unpaired) electrons. The number of nitrogens with one attached hydrogen (secondary N) is 1. The first-order valence-electron chi connectivity index (χ1n) is 9.01. The summed E-state index contributed by atoms with van der Waals surface area (Å²) < 4.78 is 44.2. The quantitative estimate of drug-likeness (QED) is 0.725. The summed E-state index contributed by atoms with van der Waals surface area (Å²) in [6.45, 7) is 6.36. The molecule has 7 heteroatoms. The Morgan fingerprint density at radius 2 is 1.46 bits per heavy atom. The van der Waals surface area contributed by atoms with Gasteiger partial charge >= 0.3 is 0 Å². The topological polar surface area (TPSA) is 73.9 Å². The summed E-state index contributed by atoms with van der Waals surface area (Å²) in [5.41, 5.74) is 1.69. The summed E-state index contributed by atoms with van der Waals surface area (Å²) in [4.78, 5) is 0.148. The fraction of sp³-hybridized carbons (Fsp3) is 0.429. The Hall–Kier alpha value is -2.25.